The minimum absolute atomic E-state index is 0.0892. The quantitative estimate of drug-likeness (QED) is 0.317. The molecule has 4 aromatic carbocycles. The Morgan fingerprint density at radius 3 is 1.76 bits per heavy atom. The number of rotatable bonds is 6. The fourth-order valence-corrected chi connectivity index (χ4v) is 5.83. The lowest BCUT2D eigenvalue weighted by Gasteiger charge is -2.33. The number of hydrogen-bond acceptors (Lipinski definition) is 4. The molecule has 0 spiro atoms. The van der Waals surface area contributed by atoms with Crippen LogP contribution < -0.4 is 9.80 Å². The molecule has 7 heteroatoms. The van der Waals surface area contributed by atoms with Crippen molar-refractivity contribution in [2.45, 2.75) is 25.9 Å². The minimum Gasteiger partial charge on any atom is -0.306 e. The van der Waals surface area contributed by atoms with E-state index in [0.717, 1.165) is 16.0 Å². The van der Waals surface area contributed by atoms with Gasteiger partial charge >= 0.3 is 0 Å². The lowest BCUT2D eigenvalue weighted by atomic mass is 9.90. The van der Waals surface area contributed by atoms with Crippen molar-refractivity contribution in [1.29, 1.82) is 0 Å². The van der Waals surface area contributed by atoms with Crippen LogP contribution in [0.2, 0.25) is 0 Å². The highest BCUT2D eigenvalue weighted by atomic mass is 16.2. The topological polar surface area (TPSA) is 78.0 Å². The molecule has 0 saturated heterocycles. The van der Waals surface area contributed by atoms with Crippen molar-refractivity contribution < 1.29 is 19.2 Å². The summed E-state index contributed by atoms with van der Waals surface area (Å²) < 4.78 is 0. The number of carbonyl (C=O) groups excluding carboxylic acids is 4. The van der Waals surface area contributed by atoms with Gasteiger partial charge in [0.1, 0.15) is 6.54 Å². The highest BCUT2D eigenvalue weighted by Crippen LogP contribution is 2.39. The minimum atomic E-state index is -0.570. The van der Waals surface area contributed by atoms with Gasteiger partial charge in [0.05, 0.1) is 35.0 Å². The molecule has 41 heavy (non-hydrogen) atoms. The van der Waals surface area contributed by atoms with Gasteiger partial charge in [0.15, 0.2) is 0 Å². The molecular weight excluding hydrogens is 514 g/mol. The van der Waals surface area contributed by atoms with Gasteiger partial charge in [-0.25, -0.2) is 0 Å². The zero-order chi connectivity index (χ0) is 28.5. The van der Waals surface area contributed by atoms with E-state index in [2.05, 4.69) is 0 Å². The molecule has 0 bridgehead atoms. The molecule has 0 radical (unpaired) electrons. The summed E-state index contributed by atoms with van der Waals surface area (Å²) in [6.07, 6.45) is 0.427. The highest BCUT2D eigenvalue weighted by Gasteiger charge is 2.43. The lowest BCUT2D eigenvalue weighted by Crippen LogP contribution is -2.50. The van der Waals surface area contributed by atoms with Crippen LogP contribution in [-0.2, 0) is 22.6 Å². The summed E-state index contributed by atoms with van der Waals surface area (Å²) in [7, 11) is 0. The molecule has 0 fully saturated rings. The summed E-state index contributed by atoms with van der Waals surface area (Å²) in [6.45, 7) is 1.79. The summed E-state index contributed by atoms with van der Waals surface area (Å²) in [4.78, 5) is 59.1. The van der Waals surface area contributed by atoms with Gasteiger partial charge in [0.2, 0.25) is 11.8 Å². The van der Waals surface area contributed by atoms with E-state index in [1.54, 1.807) is 34.1 Å². The number of benzene rings is 4. The van der Waals surface area contributed by atoms with Crippen LogP contribution in [0.5, 0.6) is 0 Å². The number of amides is 4. The molecule has 4 aromatic rings. The maximum absolute atomic E-state index is 14.4. The number of fused-ring (bicyclic) bond motifs is 2. The van der Waals surface area contributed by atoms with Crippen LogP contribution in [0.15, 0.2) is 109 Å². The summed E-state index contributed by atoms with van der Waals surface area (Å²) in [5, 5.41) is 0. The van der Waals surface area contributed by atoms with Gasteiger partial charge in [-0.05, 0) is 48.7 Å². The zero-order valence-corrected chi connectivity index (χ0v) is 22.6. The molecule has 204 valence electrons. The Bertz CT molecular complexity index is 1600. The Morgan fingerprint density at radius 2 is 1.15 bits per heavy atom. The molecule has 2 aliphatic rings. The number of para-hydroxylation sites is 2. The normalized spacial score (nSPS) is 18.3. The second kappa shape index (κ2) is 10.8. The Kier molecular flexibility index (Phi) is 6.93. The molecule has 7 nitrogen and oxygen atoms in total. The SMILES string of the molecule is CC1C(Cc2ccccc2)C(=O)N(Cc2ccccc2)c2ccccc2N1C(=O)CN1C(=O)c2ccccc2C1=O. The monoisotopic (exact) mass is 543 g/mol. The van der Waals surface area contributed by atoms with E-state index in [1.807, 2.05) is 91.9 Å². The summed E-state index contributed by atoms with van der Waals surface area (Å²) in [5.41, 5.74) is 3.71. The smallest absolute Gasteiger partial charge is 0.262 e. The molecule has 2 atom stereocenters. The summed E-state index contributed by atoms with van der Waals surface area (Å²) >= 11 is 0. The van der Waals surface area contributed by atoms with Crippen molar-refractivity contribution in [1.82, 2.24) is 4.90 Å². The van der Waals surface area contributed by atoms with Gasteiger partial charge in [-0.1, -0.05) is 84.9 Å². The van der Waals surface area contributed by atoms with E-state index < -0.39 is 36.2 Å². The summed E-state index contributed by atoms with van der Waals surface area (Å²) in [6, 6.07) is 32.9. The Balaban J connectivity index is 1.40. The van der Waals surface area contributed by atoms with Crippen molar-refractivity contribution in [2.24, 2.45) is 5.92 Å². The third kappa shape index (κ3) is 4.80. The van der Waals surface area contributed by atoms with E-state index in [1.165, 1.54) is 0 Å². The lowest BCUT2D eigenvalue weighted by molar-refractivity contribution is -0.123. The van der Waals surface area contributed by atoms with Crippen molar-refractivity contribution >= 4 is 35.0 Å². The van der Waals surface area contributed by atoms with Crippen LogP contribution in [0.25, 0.3) is 0 Å². The number of imide groups is 1. The van der Waals surface area contributed by atoms with E-state index in [-0.39, 0.29) is 5.91 Å². The van der Waals surface area contributed by atoms with Crippen molar-refractivity contribution in [2.75, 3.05) is 16.3 Å². The van der Waals surface area contributed by atoms with E-state index in [9.17, 15) is 19.2 Å². The zero-order valence-electron chi connectivity index (χ0n) is 22.6. The first-order valence-electron chi connectivity index (χ1n) is 13.7. The van der Waals surface area contributed by atoms with E-state index in [4.69, 9.17) is 0 Å². The van der Waals surface area contributed by atoms with Crippen LogP contribution in [0, 0.1) is 5.92 Å². The number of carbonyl (C=O) groups is 4. The number of hydrogen-bond donors (Lipinski definition) is 0. The Labute approximate surface area is 238 Å². The molecule has 0 aromatic heterocycles. The fourth-order valence-electron chi connectivity index (χ4n) is 5.83. The first-order chi connectivity index (χ1) is 19.9. The van der Waals surface area contributed by atoms with E-state index >= 15 is 0 Å². The maximum Gasteiger partial charge on any atom is 0.262 e. The molecule has 0 aliphatic carbocycles. The first-order valence-corrected chi connectivity index (χ1v) is 13.7. The molecule has 0 N–H and O–H groups in total. The third-order valence-electron chi connectivity index (χ3n) is 7.93. The van der Waals surface area contributed by atoms with Gasteiger partial charge in [-0.15, -0.1) is 0 Å². The summed E-state index contributed by atoms with van der Waals surface area (Å²) in [5.74, 6) is -2.06. The fraction of sp³-hybridized carbons (Fsp3) is 0.176. The van der Waals surface area contributed by atoms with Crippen LogP contribution in [0.4, 0.5) is 11.4 Å². The van der Waals surface area contributed by atoms with Crippen molar-refractivity contribution in [3.05, 3.63) is 131 Å². The third-order valence-corrected chi connectivity index (χ3v) is 7.93. The average Bonchev–Trinajstić information content (AvgIpc) is 3.20. The largest absolute Gasteiger partial charge is 0.306 e. The van der Waals surface area contributed by atoms with Crippen molar-refractivity contribution in [3.8, 4) is 0 Å². The Morgan fingerprint density at radius 1 is 0.634 bits per heavy atom. The van der Waals surface area contributed by atoms with Crippen LogP contribution in [0.3, 0.4) is 0 Å². The highest BCUT2D eigenvalue weighted by molar-refractivity contribution is 6.23. The van der Waals surface area contributed by atoms with Gasteiger partial charge < -0.3 is 9.80 Å². The van der Waals surface area contributed by atoms with E-state index in [0.29, 0.717) is 35.5 Å². The van der Waals surface area contributed by atoms with Gasteiger partial charge in [-0.2, -0.15) is 0 Å². The van der Waals surface area contributed by atoms with Crippen LogP contribution >= 0.6 is 0 Å². The van der Waals surface area contributed by atoms with Crippen molar-refractivity contribution in [3.63, 3.8) is 0 Å². The molecule has 2 unspecified atom stereocenters. The molecule has 4 amide bonds. The molecule has 2 aliphatic heterocycles. The predicted octanol–water partition coefficient (Wildman–Crippen LogP) is 5.11. The average molecular weight is 544 g/mol. The second-order valence-electron chi connectivity index (χ2n) is 10.4. The maximum atomic E-state index is 14.4. The predicted molar refractivity (Wildman–Crippen MR) is 156 cm³/mol. The number of nitrogens with zero attached hydrogens (tertiary/aromatic N) is 3. The molecule has 6 rings (SSSR count). The van der Waals surface area contributed by atoms with Gasteiger partial charge in [0, 0.05) is 6.04 Å². The van der Waals surface area contributed by atoms with Crippen LogP contribution in [-0.4, -0.2) is 41.1 Å². The second-order valence-corrected chi connectivity index (χ2v) is 10.4. The Hall–Kier alpha value is -5.04. The standard InChI is InChI=1S/C34H29N3O4/c1-23-28(20-24-12-4-2-5-13-24)34(41)35(21-25-14-6-3-7-15-25)29-18-10-11-19-30(29)37(23)31(38)22-36-32(39)26-16-8-9-17-27(26)33(36)40/h2-19,23,28H,20-22H2,1H3. The van der Waals surface area contributed by atoms with Gasteiger partial charge in [0.25, 0.3) is 11.8 Å². The first kappa shape index (κ1) is 26.2. The number of anilines is 2. The van der Waals surface area contributed by atoms with Crippen LogP contribution in [0.1, 0.15) is 38.8 Å². The molecule has 2 heterocycles. The van der Waals surface area contributed by atoms with Gasteiger partial charge in [-0.3, -0.25) is 24.1 Å². The molecular formula is C34H29N3O4. The molecule has 0 saturated carbocycles.